The molecule has 16 heavy (non-hydrogen) atoms. The van der Waals surface area contributed by atoms with Crippen LogP contribution in [0.4, 0.5) is 0 Å². The van der Waals surface area contributed by atoms with E-state index in [1.54, 1.807) is 36.0 Å². The van der Waals surface area contributed by atoms with Crippen molar-refractivity contribution in [3.63, 3.8) is 0 Å². The number of aromatic nitrogens is 4. The van der Waals surface area contributed by atoms with Gasteiger partial charge >= 0.3 is 0 Å². The first-order valence-electron chi connectivity index (χ1n) is 4.66. The molecule has 0 radical (unpaired) electrons. The summed E-state index contributed by atoms with van der Waals surface area (Å²) in [4.78, 5) is 12.0. The van der Waals surface area contributed by atoms with Crippen molar-refractivity contribution in [1.82, 2.24) is 19.2 Å². The molecule has 3 aromatic rings. The Bertz CT molecular complexity index is 758. The second-order valence-corrected chi connectivity index (χ2v) is 3.96. The molecular weight excluding hydrogens is 228 g/mol. The first-order valence-corrected chi connectivity index (χ1v) is 5.04. The van der Waals surface area contributed by atoms with Crippen LogP contribution in [-0.4, -0.2) is 19.2 Å². The number of halogens is 1. The zero-order valence-corrected chi connectivity index (χ0v) is 9.14. The molecule has 5 nitrogen and oxygen atoms in total. The van der Waals surface area contributed by atoms with Crippen LogP contribution in [-0.2, 0) is 7.05 Å². The molecule has 0 aliphatic carbocycles. The normalized spacial score (nSPS) is 11.4. The Balaban J connectivity index is 2.71. The predicted molar refractivity (Wildman–Crippen MR) is 60.7 cm³/mol. The zero-order valence-electron chi connectivity index (χ0n) is 8.38. The van der Waals surface area contributed by atoms with Gasteiger partial charge in [0, 0.05) is 12.1 Å². The van der Waals surface area contributed by atoms with Gasteiger partial charge in [-0.15, -0.1) is 10.2 Å². The van der Waals surface area contributed by atoms with Crippen LogP contribution >= 0.6 is 11.6 Å². The average molecular weight is 235 g/mol. The molecule has 0 saturated carbocycles. The van der Waals surface area contributed by atoms with E-state index in [0.29, 0.717) is 16.2 Å². The summed E-state index contributed by atoms with van der Waals surface area (Å²) >= 11 is 5.88. The van der Waals surface area contributed by atoms with Gasteiger partial charge in [0.2, 0.25) is 5.78 Å². The van der Waals surface area contributed by atoms with Crippen molar-refractivity contribution in [2.45, 2.75) is 0 Å². The Morgan fingerprint density at radius 2 is 2.19 bits per heavy atom. The van der Waals surface area contributed by atoms with Crippen molar-refractivity contribution in [3.05, 3.63) is 39.9 Å². The van der Waals surface area contributed by atoms with Gasteiger partial charge < -0.3 is 0 Å². The molecule has 0 fully saturated rings. The van der Waals surface area contributed by atoms with Gasteiger partial charge in [-0.05, 0) is 18.2 Å². The van der Waals surface area contributed by atoms with Crippen LogP contribution in [0.25, 0.3) is 16.7 Å². The Labute approximate surface area is 94.9 Å². The maximum absolute atomic E-state index is 12.0. The first-order chi connectivity index (χ1) is 7.68. The zero-order chi connectivity index (χ0) is 11.3. The molecule has 1 aromatic carbocycles. The molecule has 0 aliphatic heterocycles. The van der Waals surface area contributed by atoms with E-state index in [0.717, 1.165) is 5.52 Å². The third kappa shape index (κ3) is 1.09. The highest BCUT2D eigenvalue weighted by atomic mass is 35.5. The molecule has 0 bridgehead atoms. The fourth-order valence-corrected chi connectivity index (χ4v) is 1.96. The summed E-state index contributed by atoms with van der Waals surface area (Å²) in [6.07, 6.45) is 1.57. The van der Waals surface area contributed by atoms with Gasteiger partial charge in [-0.2, -0.15) is 0 Å². The van der Waals surface area contributed by atoms with E-state index in [4.69, 9.17) is 11.6 Å². The molecule has 80 valence electrons. The third-order valence-electron chi connectivity index (χ3n) is 2.58. The topological polar surface area (TPSA) is 52.2 Å². The van der Waals surface area contributed by atoms with Crippen molar-refractivity contribution >= 4 is 28.3 Å². The molecule has 3 rings (SSSR count). The number of fused-ring (bicyclic) bond motifs is 3. The van der Waals surface area contributed by atoms with Crippen LogP contribution in [0.2, 0.25) is 5.02 Å². The fourth-order valence-electron chi connectivity index (χ4n) is 1.79. The Hall–Kier alpha value is -1.88. The molecule has 0 spiro atoms. The monoisotopic (exact) mass is 234 g/mol. The predicted octanol–water partition coefficient (Wildman–Crippen LogP) is 1.23. The average Bonchev–Trinajstić information content (AvgIpc) is 2.75. The quantitative estimate of drug-likeness (QED) is 0.588. The van der Waals surface area contributed by atoms with Gasteiger partial charge in [0.05, 0.1) is 10.9 Å². The highest BCUT2D eigenvalue weighted by molar-refractivity contribution is 6.31. The summed E-state index contributed by atoms with van der Waals surface area (Å²) in [5.41, 5.74) is 0.630. The maximum atomic E-state index is 12.0. The van der Waals surface area contributed by atoms with Crippen molar-refractivity contribution in [1.29, 1.82) is 0 Å². The van der Waals surface area contributed by atoms with Gasteiger partial charge in [0.1, 0.15) is 6.33 Å². The van der Waals surface area contributed by atoms with Gasteiger partial charge in [-0.3, -0.25) is 13.8 Å². The number of hydrogen-bond donors (Lipinski definition) is 0. The minimum absolute atomic E-state index is 0.127. The smallest absolute Gasteiger partial charge is 0.262 e. The summed E-state index contributed by atoms with van der Waals surface area (Å²) in [6.45, 7) is 0. The van der Waals surface area contributed by atoms with E-state index in [1.807, 2.05) is 0 Å². The van der Waals surface area contributed by atoms with Gasteiger partial charge in [0.25, 0.3) is 5.56 Å². The molecule has 0 saturated heterocycles. The largest absolute Gasteiger partial charge is 0.279 e. The van der Waals surface area contributed by atoms with E-state index in [-0.39, 0.29) is 5.56 Å². The highest BCUT2D eigenvalue weighted by Crippen LogP contribution is 2.16. The van der Waals surface area contributed by atoms with Crippen molar-refractivity contribution in [2.24, 2.45) is 7.05 Å². The van der Waals surface area contributed by atoms with Crippen LogP contribution < -0.4 is 5.56 Å². The lowest BCUT2D eigenvalue weighted by Crippen LogP contribution is -2.19. The van der Waals surface area contributed by atoms with E-state index >= 15 is 0 Å². The van der Waals surface area contributed by atoms with Gasteiger partial charge in [-0.1, -0.05) is 11.6 Å². The summed E-state index contributed by atoms with van der Waals surface area (Å²) < 4.78 is 3.21. The first kappa shape index (κ1) is 9.35. The number of benzene rings is 1. The Morgan fingerprint density at radius 3 is 3.00 bits per heavy atom. The summed E-state index contributed by atoms with van der Waals surface area (Å²) in [6, 6.07) is 5.18. The third-order valence-corrected chi connectivity index (χ3v) is 2.82. The van der Waals surface area contributed by atoms with Crippen LogP contribution in [0.5, 0.6) is 0 Å². The highest BCUT2D eigenvalue weighted by Gasteiger charge is 2.09. The molecule has 0 unspecified atom stereocenters. The summed E-state index contributed by atoms with van der Waals surface area (Å²) in [5, 5.41) is 8.79. The van der Waals surface area contributed by atoms with Crippen LogP contribution in [0.15, 0.2) is 29.3 Å². The van der Waals surface area contributed by atoms with Crippen molar-refractivity contribution in [2.75, 3.05) is 0 Å². The van der Waals surface area contributed by atoms with E-state index < -0.39 is 0 Å². The molecule has 0 atom stereocenters. The molecule has 6 heteroatoms. The van der Waals surface area contributed by atoms with E-state index in [1.165, 1.54) is 4.57 Å². The Kier molecular flexibility index (Phi) is 1.79. The number of rotatable bonds is 0. The SMILES string of the molecule is Cn1c(=O)c2cc(Cl)ccc2n2cnnc12. The van der Waals surface area contributed by atoms with Crippen LogP contribution in [0.1, 0.15) is 0 Å². The van der Waals surface area contributed by atoms with E-state index in [2.05, 4.69) is 10.2 Å². The van der Waals surface area contributed by atoms with Gasteiger partial charge in [0.15, 0.2) is 0 Å². The number of nitrogens with zero attached hydrogens (tertiary/aromatic N) is 4. The lowest BCUT2D eigenvalue weighted by molar-refractivity contribution is 0.859. The van der Waals surface area contributed by atoms with E-state index in [9.17, 15) is 4.79 Å². The second kappa shape index (κ2) is 3.05. The fraction of sp³-hybridized carbons (Fsp3) is 0.100. The minimum Gasteiger partial charge on any atom is -0.279 e. The second-order valence-electron chi connectivity index (χ2n) is 3.53. The molecular formula is C10H7ClN4O. The molecule has 0 amide bonds. The lowest BCUT2D eigenvalue weighted by atomic mass is 10.2. The molecule has 0 aliphatic rings. The lowest BCUT2D eigenvalue weighted by Gasteiger charge is -2.05. The van der Waals surface area contributed by atoms with Crippen molar-refractivity contribution in [3.8, 4) is 0 Å². The Morgan fingerprint density at radius 1 is 1.38 bits per heavy atom. The maximum Gasteiger partial charge on any atom is 0.262 e. The minimum atomic E-state index is -0.127. The van der Waals surface area contributed by atoms with Crippen LogP contribution in [0.3, 0.4) is 0 Å². The molecule has 0 N–H and O–H groups in total. The van der Waals surface area contributed by atoms with Crippen molar-refractivity contribution < 1.29 is 0 Å². The van der Waals surface area contributed by atoms with Crippen LogP contribution in [0, 0.1) is 0 Å². The number of hydrogen-bond acceptors (Lipinski definition) is 3. The standard InChI is InChI=1S/C10H7ClN4O/c1-14-9(16)7-4-6(11)2-3-8(7)15-5-12-13-10(14)15/h2-5H,1H3. The molecule has 2 aromatic heterocycles. The number of aryl methyl sites for hydroxylation is 1. The summed E-state index contributed by atoms with van der Waals surface area (Å²) in [7, 11) is 1.66. The summed E-state index contributed by atoms with van der Waals surface area (Å²) in [5.74, 6) is 0.514. The molecule has 2 heterocycles. The van der Waals surface area contributed by atoms with Gasteiger partial charge in [-0.25, -0.2) is 0 Å².